The molecular weight excluding hydrogens is 378 g/mol. The Kier molecular flexibility index (Phi) is 6.21. The number of amides is 1. The largest absolute Gasteiger partial charge is 0.493 e. The Balaban J connectivity index is 1.75. The predicted molar refractivity (Wildman–Crippen MR) is 109 cm³/mol. The van der Waals surface area contributed by atoms with Gasteiger partial charge in [0.2, 0.25) is 0 Å². The molecule has 28 heavy (non-hydrogen) atoms. The van der Waals surface area contributed by atoms with Crippen LogP contribution in [0.5, 0.6) is 11.5 Å². The number of carbonyl (C=O) groups excluding carboxylic acids is 1. The molecular formula is C21H22ClN3O3. The normalized spacial score (nSPS) is 10.8. The predicted octanol–water partition coefficient (Wildman–Crippen LogP) is 4.63. The second kappa shape index (κ2) is 8.80. The zero-order valence-corrected chi connectivity index (χ0v) is 16.7. The van der Waals surface area contributed by atoms with Gasteiger partial charge in [0.1, 0.15) is 5.82 Å². The molecule has 2 aromatic carbocycles. The number of halogens is 1. The van der Waals surface area contributed by atoms with Crippen LogP contribution in [-0.2, 0) is 6.54 Å². The fraction of sp³-hybridized carbons (Fsp3) is 0.238. The number of hydrogen-bond acceptors (Lipinski definition) is 4. The topological polar surface area (TPSA) is 65.4 Å². The Hall–Kier alpha value is -2.99. The molecule has 1 heterocycles. The fourth-order valence-electron chi connectivity index (χ4n) is 2.68. The van der Waals surface area contributed by atoms with Crippen LogP contribution in [-0.4, -0.2) is 28.9 Å². The van der Waals surface area contributed by atoms with E-state index in [2.05, 4.69) is 10.4 Å². The van der Waals surface area contributed by atoms with Crippen molar-refractivity contribution in [1.82, 2.24) is 9.78 Å². The summed E-state index contributed by atoms with van der Waals surface area (Å²) in [4.78, 5) is 12.7. The SMILES string of the molecule is COc1cc(C(=O)Nc2ccnn2Cc2ccc(Cl)cc2)ccc1OC(C)C. The summed E-state index contributed by atoms with van der Waals surface area (Å²) in [5.74, 6) is 1.45. The number of methoxy groups -OCH3 is 1. The van der Waals surface area contributed by atoms with Gasteiger partial charge in [-0.1, -0.05) is 23.7 Å². The van der Waals surface area contributed by atoms with E-state index < -0.39 is 0 Å². The minimum absolute atomic E-state index is 0.01000. The van der Waals surface area contributed by atoms with Gasteiger partial charge in [0, 0.05) is 16.7 Å². The number of hydrogen-bond donors (Lipinski definition) is 1. The highest BCUT2D eigenvalue weighted by Crippen LogP contribution is 2.29. The molecule has 0 radical (unpaired) electrons. The average Bonchev–Trinajstić information content (AvgIpc) is 3.10. The molecule has 3 aromatic rings. The molecule has 146 valence electrons. The van der Waals surface area contributed by atoms with Gasteiger partial charge in [-0.2, -0.15) is 5.10 Å². The van der Waals surface area contributed by atoms with Crippen molar-refractivity contribution in [3.63, 3.8) is 0 Å². The molecule has 0 atom stereocenters. The van der Waals surface area contributed by atoms with E-state index in [1.807, 2.05) is 38.1 Å². The Bertz CT molecular complexity index is 952. The van der Waals surface area contributed by atoms with Gasteiger partial charge in [0.25, 0.3) is 5.91 Å². The first-order valence-corrected chi connectivity index (χ1v) is 9.26. The summed E-state index contributed by atoms with van der Waals surface area (Å²) in [6.45, 7) is 4.38. The van der Waals surface area contributed by atoms with Gasteiger partial charge in [-0.15, -0.1) is 0 Å². The monoisotopic (exact) mass is 399 g/mol. The van der Waals surface area contributed by atoms with Gasteiger partial charge >= 0.3 is 0 Å². The lowest BCUT2D eigenvalue weighted by Crippen LogP contribution is -2.16. The van der Waals surface area contributed by atoms with E-state index in [-0.39, 0.29) is 12.0 Å². The van der Waals surface area contributed by atoms with Gasteiger partial charge in [-0.3, -0.25) is 4.79 Å². The molecule has 0 fully saturated rings. The summed E-state index contributed by atoms with van der Waals surface area (Å²) in [7, 11) is 1.55. The summed E-state index contributed by atoms with van der Waals surface area (Å²) >= 11 is 5.93. The van der Waals surface area contributed by atoms with Crippen LogP contribution in [0.15, 0.2) is 54.7 Å². The maximum absolute atomic E-state index is 12.7. The number of anilines is 1. The Morgan fingerprint density at radius 3 is 2.57 bits per heavy atom. The van der Waals surface area contributed by atoms with E-state index in [4.69, 9.17) is 21.1 Å². The highest BCUT2D eigenvalue weighted by atomic mass is 35.5. The number of carbonyl (C=O) groups is 1. The van der Waals surface area contributed by atoms with Crippen molar-refractivity contribution in [3.8, 4) is 11.5 Å². The maximum Gasteiger partial charge on any atom is 0.256 e. The number of ether oxygens (including phenoxy) is 2. The van der Waals surface area contributed by atoms with Crippen molar-refractivity contribution in [1.29, 1.82) is 0 Å². The number of benzene rings is 2. The minimum Gasteiger partial charge on any atom is -0.493 e. The van der Waals surface area contributed by atoms with E-state index in [1.54, 1.807) is 42.3 Å². The van der Waals surface area contributed by atoms with Gasteiger partial charge in [-0.25, -0.2) is 4.68 Å². The smallest absolute Gasteiger partial charge is 0.256 e. The van der Waals surface area contributed by atoms with Gasteiger partial charge in [0.05, 0.1) is 26.0 Å². The molecule has 0 aliphatic rings. The molecule has 0 spiro atoms. The van der Waals surface area contributed by atoms with Crippen LogP contribution < -0.4 is 14.8 Å². The first-order chi connectivity index (χ1) is 13.5. The molecule has 1 aromatic heterocycles. The first kappa shape index (κ1) is 19.8. The van der Waals surface area contributed by atoms with Crippen molar-refractivity contribution in [2.45, 2.75) is 26.5 Å². The molecule has 0 unspecified atom stereocenters. The summed E-state index contributed by atoms with van der Waals surface area (Å²) in [5, 5.41) is 7.85. The lowest BCUT2D eigenvalue weighted by molar-refractivity contribution is 0.102. The van der Waals surface area contributed by atoms with Crippen molar-refractivity contribution in [2.75, 3.05) is 12.4 Å². The highest BCUT2D eigenvalue weighted by molar-refractivity contribution is 6.30. The molecule has 6 nitrogen and oxygen atoms in total. The average molecular weight is 400 g/mol. The van der Waals surface area contributed by atoms with Crippen LogP contribution in [0.4, 0.5) is 5.82 Å². The van der Waals surface area contributed by atoms with Crippen molar-refractivity contribution < 1.29 is 14.3 Å². The van der Waals surface area contributed by atoms with E-state index in [0.29, 0.717) is 34.4 Å². The van der Waals surface area contributed by atoms with Crippen LogP contribution in [0.1, 0.15) is 29.8 Å². The standard InChI is InChI=1S/C21H22ClN3O3/c1-14(2)28-18-9-6-16(12-19(18)27-3)21(26)24-20-10-11-23-25(20)13-15-4-7-17(22)8-5-15/h4-12,14H,13H2,1-3H3,(H,24,26). The van der Waals surface area contributed by atoms with E-state index in [1.165, 1.54) is 0 Å². The summed E-state index contributed by atoms with van der Waals surface area (Å²) in [5.41, 5.74) is 1.49. The fourth-order valence-corrected chi connectivity index (χ4v) is 2.80. The number of aromatic nitrogens is 2. The first-order valence-electron chi connectivity index (χ1n) is 8.88. The van der Waals surface area contributed by atoms with Crippen LogP contribution >= 0.6 is 11.6 Å². The summed E-state index contributed by atoms with van der Waals surface area (Å²) in [6.07, 6.45) is 1.65. The van der Waals surface area contributed by atoms with E-state index in [0.717, 1.165) is 5.56 Å². The Morgan fingerprint density at radius 2 is 1.89 bits per heavy atom. The van der Waals surface area contributed by atoms with Crippen molar-refractivity contribution in [2.24, 2.45) is 0 Å². The molecule has 0 aliphatic heterocycles. The third-order valence-corrected chi connectivity index (χ3v) is 4.24. The molecule has 0 bridgehead atoms. The summed E-state index contributed by atoms with van der Waals surface area (Å²) in [6, 6.07) is 14.3. The quantitative estimate of drug-likeness (QED) is 0.628. The molecule has 1 N–H and O–H groups in total. The molecule has 0 aliphatic carbocycles. The van der Waals surface area contributed by atoms with Gasteiger partial charge in [-0.05, 0) is 49.7 Å². The van der Waals surface area contributed by atoms with Gasteiger partial charge in [0.15, 0.2) is 11.5 Å². The van der Waals surface area contributed by atoms with Crippen LogP contribution in [0, 0.1) is 0 Å². The second-order valence-electron chi connectivity index (χ2n) is 6.49. The number of nitrogens with zero attached hydrogens (tertiary/aromatic N) is 2. The van der Waals surface area contributed by atoms with Crippen molar-refractivity contribution in [3.05, 3.63) is 70.9 Å². The molecule has 0 saturated heterocycles. The van der Waals surface area contributed by atoms with E-state index in [9.17, 15) is 4.79 Å². The molecule has 3 rings (SSSR count). The van der Waals surface area contributed by atoms with Gasteiger partial charge < -0.3 is 14.8 Å². The Morgan fingerprint density at radius 1 is 1.14 bits per heavy atom. The number of rotatable bonds is 7. The second-order valence-corrected chi connectivity index (χ2v) is 6.92. The number of nitrogens with one attached hydrogen (secondary N) is 1. The lowest BCUT2D eigenvalue weighted by atomic mass is 10.2. The maximum atomic E-state index is 12.7. The molecule has 7 heteroatoms. The van der Waals surface area contributed by atoms with E-state index >= 15 is 0 Å². The van der Waals surface area contributed by atoms with Crippen LogP contribution in [0.3, 0.4) is 0 Å². The summed E-state index contributed by atoms with van der Waals surface area (Å²) < 4.78 is 12.8. The third-order valence-electron chi connectivity index (χ3n) is 3.99. The molecule has 1 amide bonds. The van der Waals surface area contributed by atoms with Crippen molar-refractivity contribution >= 4 is 23.3 Å². The minimum atomic E-state index is -0.257. The molecule has 0 saturated carbocycles. The zero-order valence-electron chi connectivity index (χ0n) is 16.0. The van der Waals surface area contributed by atoms with Crippen LogP contribution in [0.2, 0.25) is 5.02 Å². The zero-order chi connectivity index (χ0) is 20.1. The van der Waals surface area contributed by atoms with Crippen LogP contribution in [0.25, 0.3) is 0 Å². The third kappa shape index (κ3) is 4.84. The highest BCUT2D eigenvalue weighted by Gasteiger charge is 2.14. The lowest BCUT2D eigenvalue weighted by Gasteiger charge is -2.14. The Labute approximate surface area is 169 Å².